The van der Waals surface area contributed by atoms with Crippen LogP contribution in [-0.2, 0) is 33.1 Å². The summed E-state index contributed by atoms with van der Waals surface area (Å²) in [4.78, 5) is 17.4. The van der Waals surface area contributed by atoms with Gasteiger partial charge < -0.3 is 14.6 Å². The summed E-state index contributed by atoms with van der Waals surface area (Å²) in [5.74, 6) is 0.0280. The van der Waals surface area contributed by atoms with E-state index in [4.69, 9.17) is 4.74 Å². The first-order valence-corrected chi connectivity index (χ1v) is 13.2. The molecule has 178 valence electrons. The maximum Gasteiger partial charge on any atom is 0.243 e. The number of morpholine rings is 1. The number of nitrogens with zero attached hydrogens (tertiary/aromatic N) is 5. The lowest BCUT2D eigenvalue weighted by Crippen LogP contribution is -2.40. The zero-order valence-corrected chi connectivity index (χ0v) is 20.8. The molecule has 3 heterocycles. The van der Waals surface area contributed by atoms with Gasteiger partial charge in [-0.1, -0.05) is 11.8 Å². The van der Waals surface area contributed by atoms with E-state index in [2.05, 4.69) is 15.4 Å². The number of amides is 1. The van der Waals surface area contributed by atoms with E-state index in [-0.39, 0.29) is 16.6 Å². The van der Waals surface area contributed by atoms with Crippen LogP contribution in [0.2, 0.25) is 0 Å². The van der Waals surface area contributed by atoms with Crippen LogP contribution in [0.1, 0.15) is 18.3 Å². The number of benzene rings is 1. The molecular weight excluding hydrogens is 464 g/mol. The van der Waals surface area contributed by atoms with Gasteiger partial charge in [0.15, 0.2) is 5.16 Å². The van der Waals surface area contributed by atoms with Crippen LogP contribution in [0.25, 0.3) is 11.0 Å². The summed E-state index contributed by atoms with van der Waals surface area (Å²) in [6.07, 6.45) is 0. The Morgan fingerprint density at radius 2 is 1.97 bits per heavy atom. The number of rotatable bonds is 7. The van der Waals surface area contributed by atoms with Crippen LogP contribution in [0.15, 0.2) is 28.3 Å². The average Bonchev–Trinajstić information content (AvgIpc) is 3.28. The number of hydrogen-bond donors (Lipinski definition) is 1. The van der Waals surface area contributed by atoms with Crippen molar-refractivity contribution in [1.29, 1.82) is 0 Å². The molecule has 3 aromatic rings. The van der Waals surface area contributed by atoms with Gasteiger partial charge in [0.2, 0.25) is 15.9 Å². The van der Waals surface area contributed by atoms with Gasteiger partial charge in [-0.05, 0) is 39.0 Å². The molecule has 0 saturated carbocycles. The number of nitrogens with one attached hydrogen (secondary N) is 1. The smallest absolute Gasteiger partial charge is 0.243 e. The molecule has 33 heavy (non-hydrogen) atoms. The molecule has 12 heteroatoms. The fourth-order valence-corrected chi connectivity index (χ4v) is 6.17. The molecule has 0 spiro atoms. The molecule has 4 rings (SSSR count). The third-order valence-electron chi connectivity index (χ3n) is 5.71. The standard InChI is InChI=1S/C21H28N6O4S2/c1-5-27-18-7-6-16(33(29,30)26-8-10-31-11-9-26)12-17(18)22-21(27)32-13-19(28)23-20-14(2)24-25(4)15(20)3/h6-7,12H,5,8-11,13H2,1-4H3,(H,23,28). The first kappa shape index (κ1) is 23.7. The van der Waals surface area contributed by atoms with Crippen molar-refractivity contribution in [1.82, 2.24) is 23.6 Å². The maximum absolute atomic E-state index is 13.0. The monoisotopic (exact) mass is 492 g/mol. The Morgan fingerprint density at radius 1 is 1.24 bits per heavy atom. The number of sulfonamides is 1. The van der Waals surface area contributed by atoms with Gasteiger partial charge in [0, 0.05) is 26.7 Å². The van der Waals surface area contributed by atoms with E-state index < -0.39 is 10.0 Å². The summed E-state index contributed by atoms with van der Waals surface area (Å²) >= 11 is 1.32. The SMILES string of the molecule is CCn1c(SCC(=O)Nc2c(C)nn(C)c2C)nc2cc(S(=O)(=O)N3CCOCC3)ccc21. The molecular formula is C21H28N6O4S2. The van der Waals surface area contributed by atoms with Crippen molar-refractivity contribution in [3.8, 4) is 0 Å². The number of aromatic nitrogens is 4. The first-order valence-electron chi connectivity index (χ1n) is 10.7. The van der Waals surface area contributed by atoms with Gasteiger partial charge in [0.1, 0.15) is 0 Å². The quantitative estimate of drug-likeness (QED) is 0.503. The predicted octanol–water partition coefficient (Wildman–Crippen LogP) is 2.16. The Labute approximate surface area is 197 Å². The number of hydrogen-bond acceptors (Lipinski definition) is 7. The zero-order valence-electron chi connectivity index (χ0n) is 19.2. The molecule has 0 aliphatic carbocycles. The second-order valence-corrected chi connectivity index (χ2v) is 10.7. The summed E-state index contributed by atoms with van der Waals surface area (Å²) in [7, 11) is -1.77. The lowest BCUT2D eigenvalue weighted by molar-refractivity contribution is -0.113. The Morgan fingerprint density at radius 3 is 2.61 bits per heavy atom. The van der Waals surface area contributed by atoms with Crippen molar-refractivity contribution in [3.63, 3.8) is 0 Å². The second kappa shape index (κ2) is 9.45. The summed E-state index contributed by atoms with van der Waals surface area (Å²) in [5, 5.41) is 7.92. The van der Waals surface area contributed by atoms with E-state index in [1.54, 1.807) is 22.9 Å². The van der Waals surface area contributed by atoms with E-state index in [0.717, 1.165) is 22.6 Å². The number of carbonyl (C=O) groups excluding carboxylic acids is 1. The summed E-state index contributed by atoms with van der Waals surface area (Å²) in [5.41, 5.74) is 3.81. The third kappa shape index (κ3) is 4.65. The molecule has 1 aromatic carbocycles. The number of ether oxygens (including phenoxy) is 1. The van der Waals surface area contributed by atoms with E-state index in [1.165, 1.54) is 16.1 Å². The van der Waals surface area contributed by atoms with Crippen molar-refractivity contribution in [2.45, 2.75) is 37.4 Å². The summed E-state index contributed by atoms with van der Waals surface area (Å²) in [6.45, 7) is 7.88. The lowest BCUT2D eigenvalue weighted by Gasteiger charge is -2.26. The highest BCUT2D eigenvalue weighted by atomic mass is 32.2. The number of anilines is 1. The molecule has 1 fully saturated rings. The highest BCUT2D eigenvalue weighted by Gasteiger charge is 2.27. The Hall–Kier alpha value is -2.41. The van der Waals surface area contributed by atoms with Crippen molar-refractivity contribution < 1.29 is 17.9 Å². The summed E-state index contributed by atoms with van der Waals surface area (Å²) < 4.78 is 36.4. The van der Waals surface area contributed by atoms with Gasteiger partial charge in [-0.3, -0.25) is 9.48 Å². The average molecular weight is 493 g/mol. The molecule has 0 atom stereocenters. The van der Waals surface area contributed by atoms with E-state index >= 15 is 0 Å². The van der Waals surface area contributed by atoms with Gasteiger partial charge in [-0.25, -0.2) is 13.4 Å². The molecule has 0 bridgehead atoms. The van der Waals surface area contributed by atoms with E-state index in [0.29, 0.717) is 43.5 Å². The molecule has 1 aliphatic heterocycles. The van der Waals surface area contributed by atoms with Crippen LogP contribution in [0.3, 0.4) is 0 Å². The molecule has 2 aromatic heterocycles. The fraction of sp³-hybridized carbons (Fsp3) is 0.476. The van der Waals surface area contributed by atoms with Crippen molar-refractivity contribution >= 4 is 44.4 Å². The molecule has 10 nitrogen and oxygen atoms in total. The Kier molecular flexibility index (Phi) is 6.80. The number of aryl methyl sites for hydroxylation is 3. The molecule has 1 N–H and O–H groups in total. The van der Waals surface area contributed by atoms with Crippen LogP contribution in [-0.4, -0.2) is 70.0 Å². The molecule has 1 aliphatic rings. The van der Waals surface area contributed by atoms with Crippen molar-refractivity contribution in [2.75, 3.05) is 37.4 Å². The molecule has 0 radical (unpaired) electrons. The van der Waals surface area contributed by atoms with Crippen LogP contribution in [0.5, 0.6) is 0 Å². The minimum absolute atomic E-state index is 0.149. The van der Waals surface area contributed by atoms with Crippen LogP contribution >= 0.6 is 11.8 Å². The number of thioether (sulfide) groups is 1. The minimum Gasteiger partial charge on any atom is -0.379 e. The normalized spacial score (nSPS) is 15.3. The molecule has 1 amide bonds. The van der Waals surface area contributed by atoms with Gasteiger partial charge in [-0.2, -0.15) is 9.40 Å². The number of carbonyl (C=O) groups is 1. The highest BCUT2D eigenvalue weighted by Crippen LogP contribution is 2.28. The first-order chi connectivity index (χ1) is 15.7. The zero-order chi connectivity index (χ0) is 23.8. The predicted molar refractivity (Wildman–Crippen MR) is 127 cm³/mol. The van der Waals surface area contributed by atoms with Gasteiger partial charge in [-0.15, -0.1) is 0 Å². The minimum atomic E-state index is -3.61. The molecule has 1 saturated heterocycles. The van der Waals surface area contributed by atoms with E-state index in [9.17, 15) is 13.2 Å². The second-order valence-electron chi connectivity index (χ2n) is 7.81. The summed E-state index contributed by atoms with van der Waals surface area (Å²) in [6, 6.07) is 5.01. The van der Waals surface area contributed by atoms with Gasteiger partial charge >= 0.3 is 0 Å². The van der Waals surface area contributed by atoms with Crippen LogP contribution < -0.4 is 5.32 Å². The molecule has 0 unspecified atom stereocenters. The van der Waals surface area contributed by atoms with Gasteiger partial charge in [0.25, 0.3) is 0 Å². The lowest BCUT2D eigenvalue weighted by atomic mass is 10.3. The van der Waals surface area contributed by atoms with Crippen molar-refractivity contribution in [2.24, 2.45) is 7.05 Å². The number of fused-ring (bicyclic) bond motifs is 1. The van der Waals surface area contributed by atoms with Gasteiger partial charge in [0.05, 0.1) is 52.0 Å². The fourth-order valence-electron chi connectivity index (χ4n) is 3.86. The van der Waals surface area contributed by atoms with Crippen molar-refractivity contribution in [3.05, 3.63) is 29.6 Å². The Bertz CT molecular complexity index is 1290. The Balaban J connectivity index is 1.53. The highest BCUT2D eigenvalue weighted by molar-refractivity contribution is 7.99. The number of imidazole rings is 1. The third-order valence-corrected chi connectivity index (χ3v) is 8.59. The van der Waals surface area contributed by atoms with Crippen LogP contribution in [0, 0.1) is 13.8 Å². The maximum atomic E-state index is 13.0. The van der Waals surface area contributed by atoms with Crippen LogP contribution in [0.4, 0.5) is 5.69 Å². The topological polar surface area (TPSA) is 111 Å². The van der Waals surface area contributed by atoms with E-state index in [1.807, 2.05) is 32.4 Å². The largest absolute Gasteiger partial charge is 0.379 e.